The first-order valence-electron chi connectivity index (χ1n) is 11.9. The molecule has 2 atom stereocenters. The van der Waals surface area contributed by atoms with Crippen molar-refractivity contribution in [3.63, 3.8) is 0 Å². The first-order valence-corrected chi connectivity index (χ1v) is 11.9. The zero-order valence-electron chi connectivity index (χ0n) is 19.4. The van der Waals surface area contributed by atoms with Gasteiger partial charge in [0.25, 0.3) is 5.91 Å². The first-order chi connectivity index (χ1) is 16.0. The van der Waals surface area contributed by atoms with Crippen molar-refractivity contribution >= 4 is 11.9 Å². The maximum absolute atomic E-state index is 13.2. The van der Waals surface area contributed by atoms with Gasteiger partial charge in [-0.05, 0) is 31.2 Å². The number of carbonyl (C=O) groups is 2. The molecule has 3 fully saturated rings. The van der Waals surface area contributed by atoms with Crippen LogP contribution in [0.1, 0.15) is 44.1 Å². The van der Waals surface area contributed by atoms with Crippen molar-refractivity contribution in [2.45, 2.75) is 51.6 Å². The van der Waals surface area contributed by atoms with E-state index in [-0.39, 0.29) is 17.9 Å². The number of nitrogens with zero attached hydrogens (tertiary/aromatic N) is 5. The molecule has 176 valence electrons. The van der Waals surface area contributed by atoms with Crippen molar-refractivity contribution in [2.75, 3.05) is 32.8 Å². The Morgan fingerprint density at radius 2 is 1.88 bits per heavy atom. The Labute approximate surface area is 194 Å². The first kappa shape index (κ1) is 22.0. The maximum Gasteiger partial charge on any atom is 0.326 e. The molecule has 2 aliphatic heterocycles. The van der Waals surface area contributed by atoms with Crippen molar-refractivity contribution < 1.29 is 14.1 Å². The molecule has 1 spiro atoms. The Morgan fingerprint density at radius 3 is 2.64 bits per heavy atom. The number of benzene rings is 1. The van der Waals surface area contributed by atoms with Gasteiger partial charge in [-0.25, -0.2) is 9.69 Å². The van der Waals surface area contributed by atoms with Gasteiger partial charge >= 0.3 is 6.03 Å². The summed E-state index contributed by atoms with van der Waals surface area (Å²) in [5, 5.41) is 7.19. The minimum absolute atomic E-state index is 0.0447. The molecule has 1 saturated carbocycles. The molecule has 1 aliphatic carbocycles. The molecule has 0 radical (unpaired) electrons. The summed E-state index contributed by atoms with van der Waals surface area (Å²) < 4.78 is 5.49. The fourth-order valence-electron chi connectivity index (χ4n) is 5.36. The van der Waals surface area contributed by atoms with Gasteiger partial charge in [0.15, 0.2) is 0 Å². The van der Waals surface area contributed by atoms with E-state index in [1.54, 1.807) is 0 Å². The Bertz CT molecular complexity index is 1030. The van der Waals surface area contributed by atoms with Crippen molar-refractivity contribution in [3.8, 4) is 11.4 Å². The number of hydrogen-bond acceptors (Lipinski definition) is 7. The monoisotopic (exact) mass is 452 g/mol. The Hall–Kier alpha value is -2.78. The van der Waals surface area contributed by atoms with Crippen LogP contribution in [0.5, 0.6) is 0 Å². The lowest BCUT2D eigenvalue weighted by Crippen LogP contribution is -2.55. The lowest BCUT2D eigenvalue weighted by atomic mass is 9.73. The number of aryl methyl sites for hydroxylation is 1. The number of amides is 3. The molecule has 2 aromatic rings. The Balaban J connectivity index is 1.15. The third-order valence-corrected chi connectivity index (χ3v) is 7.52. The van der Waals surface area contributed by atoms with E-state index in [0.29, 0.717) is 24.9 Å². The third-order valence-electron chi connectivity index (χ3n) is 7.52. The molecule has 0 unspecified atom stereocenters. The van der Waals surface area contributed by atoms with Crippen LogP contribution in [0.3, 0.4) is 0 Å². The molecule has 33 heavy (non-hydrogen) atoms. The summed E-state index contributed by atoms with van der Waals surface area (Å²) >= 11 is 0. The molecule has 9 nitrogen and oxygen atoms in total. The molecule has 3 heterocycles. The lowest BCUT2D eigenvalue weighted by Gasteiger charge is -2.38. The molecule has 3 aliphatic rings. The number of imide groups is 1. The van der Waals surface area contributed by atoms with Gasteiger partial charge < -0.3 is 9.84 Å². The van der Waals surface area contributed by atoms with E-state index in [1.165, 1.54) is 4.90 Å². The van der Waals surface area contributed by atoms with E-state index in [0.717, 1.165) is 63.0 Å². The minimum Gasteiger partial charge on any atom is -0.338 e. The smallest absolute Gasteiger partial charge is 0.326 e. The van der Waals surface area contributed by atoms with Gasteiger partial charge in [0.1, 0.15) is 5.54 Å². The summed E-state index contributed by atoms with van der Waals surface area (Å²) in [5.41, 5.74) is 1.41. The highest BCUT2D eigenvalue weighted by Crippen LogP contribution is 2.38. The summed E-state index contributed by atoms with van der Waals surface area (Å²) in [5.74, 6) is 1.36. The predicted molar refractivity (Wildman–Crippen MR) is 122 cm³/mol. The molecule has 1 N–H and O–H groups in total. The molecular formula is C24H32N6O3. The third kappa shape index (κ3) is 4.15. The van der Waals surface area contributed by atoms with Crippen LogP contribution >= 0.6 is 0 Å². The molecule has 1 aromatic carbocycles. The van der Waals surface area contributed by atoms with E-state index < -0.39 is 5.54 Å². The molecule has 1 aromatic heterocycles. The minimum atomic E-state index is -0.691. The Morgan fingerprint density at radius 1 is 1.12 bits per heavy atom. The fourth-order valence-corrected chi connectivity index (χ4v) is 5.36. The highest BCUT2D eigenvalue weighted by atomic mass is 16.5. The van der Waals surface area contributed by atoms with Gasteiger partial charge in [-0.2, -0.15) is 4.98 Å². The summed E-state index contributed by atoms with van der Waals surface area (Å²) in [6.07, 6.45) is 3.85. The second-order valence-corrected chi connectivity index (χ2v) is 9.64. The summed E-state index contributed by atoms with van der Waals surface area (Å²) in [6, 6.07) is 7.75. The standard InChI is InChI=1S/C24H32N6O3/c1-17-7-3-4-9-19(17)21-25-20(33-27-21)15-28-11-13-29(14-12-28)16-30-22(31)24(26-23(30)32)10-6-5-8-18(24)2/h3-4,7,9,18H,5-6,8,10-16H2,1-2H3,(H,26,32)/t18-,24-/m0/s1. The van der Waals surface area contributed by atoms with Crippen LogP contribution in [0.2, 0.25) is 0 Å². The van der Waals surface area contributed by atoms with E-state index in [4.69, 9.17) is 4.52 Å². The normalized spacial score (nSPS) is 26.8. The van der Waals surface area contributed by atoms with Crippen LogP contribution < -0.4 is 5.32 Å². The summed E-state index contributed by atoms with van der Waals surface area (Å²) in [4.78, 5) is 36.3. The quantitative estimate of drug-likeness (QED) is 0.697. The van der Waals surface area contributed by atoms with E-state index in [1.807, 2.05) is 31.2 Å². The topological polar surface area (TPSA) is 94.8 Å². The average Bonchev–Trinajstić information content (AvgIpc) is 3.36. The molecule has 5 rings (SSSR count). The fraction of sp³-hybridized carbons (Fsp3) is 0.583. The van der Waals surface area contributed by atoms with Gasteiger partial charge in [-0.3, -0.25) is 14.6 Å². The van der Waals surface area contributed by atoms with Gasteiger partial charge in [0, 0.05) is 31.7 Å². The molecule has 9 heteroatoms. The van der Waals surface area contributed by atoms with Crippen LogP contribution in [0.4, 0.5) is 4.79 Å². The van der Waals surface area contributed by atoms with Crippen LogP contribution in [0, 0.1) is 12.8 Å². The largest absolute Gasteiger partial charge is 0.338 e. The predicted octanol–water partition coefficient (Wildman–Crippen LogP) is 2.62. The number of aromatic nitrogens is 2. The number of urea groups is 1. The van der Waals surface area contributed by atoms with E-state index in [2.05, 4.69) is 32.2 Å². The highest BCUT2D eigenvalue weighted by molar-refractivity contribution is 6.07. The van der Waals surface area contributed by atoms with Crippen LogP contribution in [0.25, 0.3) is 11.4 Å². The van der Waals surface area contributed by atoms with Crippen LogP contribution in [-0.4, -0.2) is 75.2 Å². The zero-order chi connectivity index (χ0) is 23.0. The highest BCUT2D eigenvalue weighted by Gasteiger charge is 2.55. The van der Waals surface area contributed by atoms with Crippen LogP contribution in [-0.2, 0) is 11.3 Å². The summed E-state index contributed by atoms with van der Waals surface area (Å²) in [6.45, 7) is 8.24. The van der Waals surface area contributed by atoms with Crippen molar-refractivity contribution in [2.24, 2.45) is 5.92 Å². The second-order valence-electron chi connectivity index (χ2n) is 9.64. The molecular weight excluding hydrogens is 420 g/mol. The van der Waals surface area contributed by atoms with Gasteiger partial charge in [-0.1, -0.05) is 49.2 Å². The van der Waals surface area contributed by atoms with E-state index in [9.17, 15) is 9.59 Å². The lowest BCUT2D eigenvalue weighted by molar-refractivity contribution is -0.136. The molecule has 2 saturated heterocycles. The summed E-state index contributed by atoms with van der Waals surface area (Å²) in [7, 11) is 0. The number of hydrogen-bond donors (Lipinski definition) is 1. The maximum atomic E-state index is 13.2. The number of rotatable bonds is 5. The number of piperazine rings is 1. The van der Waals surface area contributed by atoms with Gasteiger partial charge in [0.05, 0.1) is 13.2 Å². The van der Waals surface area contributed by atoms with Gasteiger partial charge in [0.2, 0.25) is 11.7 Å². The Kier molecular flexibility index (Phi) is 5.92. The van der Waals surface area contributed by atoms with Crippen molar-refractivity contribution in [3.05, 3.63) is 35.7 Å². The molecule has 0 bridgehead atoms. The SMILES string of the molecule is Cc1ccccc1-c1noc(CN2CCN(CN3C(=O)N[C@]4(CCCC[C@@H]4C)C3=O)CC2)n1. The second kappa shape index (κ2) is 8.87. The number of carbonyl (C=O) groups excluding carboxylic acids is 2. The van der Waals surface area contributed by atoms with Gasteiger partial charge in [-0.15, -0.1) is 0 Å². The zero-order valence-corrected chi connectivity index (χ0v) is 19.4. The van der Waals surface area contributed by atoms with E-state index >= 15 is 0 Å². The molecule has 3 amide bonds. The van der Waals surface area contributed by atoms with Crippen molar-refractivity contribution in [1.82, 2.24) is 30.2 Å². The number of nitrogens with one attached hydrogen (secondary N) is 1. The van der Waals surface area contributed by atoms with Crippen LogP contribution in [0.15, 0.2) is 28.8 Å². The average molecular weight is 453 g/mol. The van der Waals surface area contributed by atoms with Crippen molar-refractivity contribution in [1.29, 1.82) is 0 Å².